The van der Waals surface area contributed by atoms with E-state index in [1.807, 2.05) is 25.1 Å². The van der Waals surface area contributed by atoms with Crippen LogP contribution in [0.3, 0.4) is 0 Å². The third kappa shape index (κ3) is 4.22. The molecule has 1 fully saturated rings. The van der Waals surface area contributed by atoms with Crippen molar-refractivity contribution >= 4 is 11.7 Å². The molecule has 5 nitrogen and oxygen atoms in total. The van der Waals surface area contributed by atoms with Gasteiger partial charge in [0.05, 0.1) is 5.56 Å². The lowest BCUT2D eigenvalue weighted by Crippen LogP contribution is -2.34. The van der Waals surface area contributed by atoms with Crippen molar-refractivity contribution in [3.05, 3.63) is 59.3 Å². The van der Waals surface area contributed by atoms with E-state index < -0.39 is 0 Å². The van der Waals surface area contributed by atoms with E-state index in [9.17, 15) is 4.79 Å². The average molecular weight is 352 g/mol. The molecule has 1 N–H and O–H groups in total. The van der Waals surface area contributed by atoms with E-state index in [4.69, 9.17) is 0 Å². The number of hydrogen-bond acceptors (Lipinski definition) is 4. The van der Waals surface area contributed by atoms with Gasteiger partial charge in [0.15, 0.2) is 0 Å². The first-order valence-corrected chi connectivity index (χ1v) is 9.24. The van der Waals surface area contributed by atoms with Crippen LogP contribution in [0, 0.1) is 6.92 Å². The summed E-state index contributed by atoms with van der Waals surface area (Å²) in [5.41, 5.74) is 3.46. The van der Waals surface area contributed by atoms with Gasteiger partial charge in [-0.25, -0.2) is 4.98 Å². The van der Waals surface area contributed by atoms with Crippen LogP contribution >= 0.6 is 0 Å². The van der Waals surface area contributed by atoms with Gasteiger partial charge in [0.2, 0.25) is 0 Å². The van der Waals surface area contributed by atoms with Gasteiger partial charge >= 0.3 is 0 Å². The minimum absolute atomic E-state index is 0.0588. The summed E-state index contributed by atoms with van der Waals surface area (Å²) >= 11 is 0. The lowest BCUT2D eigenvalue weighted by atomic mass is 9.94. The normalized spacial score (nSPS) is 17.3. The largest absolute Gasteiger partial charge is 0.362 e. The van der Waals surface area contributed by atoms with E-state index >= 15 is 0 Å². The smallest absolute Gasteiger partial charge is 0.255 e. The van der Waals surface area contributed by atoms with Crippen molar-refractivity contribution in [1.29, 1.82) is 0 Å². The van der Waals surface area contributed by atoms with Gasteiger partial charge in [0.25, 0.3) is 5.91 Å². The van der Waals surface area contributed by atoms with Crippen LogP contribution in [0.15, 0.2) is 42.6 Å². The number of anilines is 1. The molecule has 5 heteroatoms. The fourth-order valence-electron chi connectivity index (χ4n) is 3.69. The minimum atomic E-state index is -0.0588. The SMILES string of the molecule is Cc1ccccc1[C@H]1CCN(CCNC(=O)c2cccnc2N(C)C)C1. The Labute approximate surface area is 156 Å². The number of nitrogens with zero attached hydrogens (tertiary/aromatic N) is 3. The summed E-state index contributed by atoms with van der Waals surface area (Å²) in [6, 6.07) is 12.3. The summed E-state index contributed by atoms with van der Waals surface area (Å²) in [6.45, 7) is 5.88. The molecular weight excluding hydrogens is 324 g/mol. The van der Waals surface area contributed by atoms with Gasteiger partial charge in [0.1, 0.15) is 5.82 Å². The number of rotatable bonds is 6. The van der Waals surface area contributed by atoms with Gasteiger partial charge in [-0.05, 0) is 49.1 Å². The highest BCUT2D eigenvalue weighted by Crippen LogP contribution is 2.28. The Morgan fingerprint density at radius 2 is 2.08 bits per heavy atom. The molecule has 1 aromatic heterocycles. The molecule has 1 saturated heterocycles. The topological polar surface area (TPSA) is 48.5 Å². The summed E-state index contributed by atoms with van der Waals surface area (Å²) in [7, 11) is 3.80. The second kappa shape index (κ2) is 8.32. The zero-order chi connectivity index (χ0) is 18.5. The van der Waals surface area contributed by atoms with Crippen LogP contribution < -0.4 is 10.2 Å². The molecule has 1 atom stereocenters. The maximum Gasteiger partial charge on any atom is 0.255 e. The highest BCUT2D eigenvalue weighted by molar-refractivity contribution is 5.98. The standard InChI is InChI=1S/C21H28N4O/c1-16-7-4-5-8-18(16)17-10-13-25(15-17)14-12-23-21(26)19-9-6-11-22-20(19)24(2)3/h4-9,11,17H,10,12-15H2,1-3H3,(H,23,26)/t17-/m0/s1. The molecule has 0 unspecified atom stereocenters. The number of nitrogens with one attached hydrogen (secondary N) is 1. The molecule has 1 aliphatic rings. The Bertz CT molecular complexity index is 759. The summed E-state index contributed by atoms with van der Waals surface area (Å²) in [4.78, 5) is 21.1. The number of benzene rings is 1. The van der Waals surface area contributed by atoms with E-state index in [1.165, 1.54) is 17.5 Å². The Balaban J connectivity index is 1.50. The van der Waals surface area contributed by atoms with Crippen molar-refractivity contribution < 1.29 is 4.79 Å². The van der Waals surface area contributed by atoms with Gasteiger partial charge < -0.3 is 15.1 Å². The van der Waals surface area contributed by atoms with Crippen LogP contribution in [-0.4, -0.2) is 56.1 Å². The van der Waals surface area contributed by atoms with Gasteiger partial charge in [-0.15, -0.1) is 0 Å². The van der Waals surface area contributed by atoms with Crippen molar-refractivity contribution in [1.82, 2.24) is 15.2 Å². The number of hydrogen-bond donors (Lipinski definition) is 1. The third-order valence-electron chi connectivity index (χ3n) is 5.07. The maximum absolute atomic E-state index is 12.5. The first kappa shape index (κ1) is 18.4. The quantitative estimate of drug-likeness (QED) is 0.868. The molecule has 2 heterocycles. The first-order chi connectivity index (χ1) is 12.6. The van der Waals surface area contributed by atoms with Gasteiger partial charge in [-0.1, -0.05) is 24.3 Å². The molecular formula is C21H28N4O. The molecule has 0 radical (unpaired) electrons. The molecule has 0 spiro atoms. The van der Waals surface area contributed by atoms with E-state index in [-0.39, 0.29) is 5.91 Å². The van der Waals surface area contributed by atoms with Crippen molar-refractivity contribution in [2.45, 2.75) is 19.3 Å². The number of aryl methyl sites for hydroxylation is 1. The zero-order valence-corrected chi connectivity index (χ0v) is 15.9. The number of carbonyl (C=O) groups is 1. The summed E-state index contributed by atoms with van der Waals surface area (Å²) in [5.74, 6) is 1.24. The Morgan fingerprint density at radius 3 is 2.85 bits per heavy atom. The molecule has 3 rings (SSSR count). The predicted octanol–water partition coefficient (Wildman–Crippen LogP) is 2.68. The van der Waals surface area contributed by atoms with E-state index in [0.29, 0.717) is 23.8 Å². The average Bonchev–Trinajstić information content (AvgIpc) is 3.10. The Hall–Kier alpha value is -2.40. The lowest BCUT2D eigenvalue weighted by molar-refractivity contribution is 0.0950. The lowest BCUT2D eigenvalue weighted by Gasteiger charge is -2.18. The molecule has 26 heavy (non-hydrogen) atoms. The molecule has 0 aliphatic carbocycles. The molecule has 138 valence electrons. The number of aromatic nitrogens is 1. The summed E-state index contributed by atoms with van der Waals surface area (Å²) in [5, 5.41) is 3.04. The Kier molecular flexibility index (Phi) is 5.89. The molecule has 2 aromatic rings. The predicted molar refractivity (Wildman–Crippen MR) is 106 cm³/mol. The van der Waals surface area contributed by atoms with Gasteiger partial charge in [-0.3, -0.25) is 4.79 Å². The van der Waals surface area contributed by atoms with Gasteiger partial charge in [0, 0.05) is 39.9 Å². The van der Waals surface area contributed by atoms with Crippen LogP contribution in [0.5, 0.6) is 0 Å². The number of likely N-dealkylation sites (tertiary alicyclic amines) is 1. The number of carbonyl (C=O) groups excluding carboxylic acids is 1. The second-order valence-corrected chi connectivity index (χ2v) is 7.17. The maximum atomic E-state index is 12.5. The van der Waals surface area contributed by atoms with Crippen LogP contribution in [0.25, 0.3) is 0 Å². The Morgan fingerprint density at radius 1 is 1.27 bits per heavy atom. The summed E-state index contributed by atoms with van der Waals surface area (Å²) < 4.78 is 0. The second-order valence-electron chi connectivity index (χ2n) is 7.17. The monoisotopic (exact) mass is 352 g/mol. The molecule has 0 bridgehead atoms. The van der Waals surface area contributed by atoms with Gasteiger partial charge in [-0.2, -0.15) is 0 Å². The van der Waals surface area contributed by atoms with Crippen LogP contribution in [0.1, 0.15) is 33.8 Å². The van der Waals surface area contributed by atoms with Crippen molar-refractivity contribution in [3.63, 3.8) is 0 Å². The molecule has 0 saturated carbocycles. The van der Waals surface area contributed by atoms with Crippen molar-refractivity contribution in [2.75, 3.05) is 45.2 Å². The summed E-state index contributed by atoms with van der Waals surface area (Å²) in [6.07, 6.45) is 2.90. The van der Waals surface area contributed by atoms with Crippen molar-refractivity contribution in [2.24, 2.45) is 0 Å². The van der Waals surface area contributed by atoms with Crippen LogP contribution in [-0.2, 0) is 0 Å². The van der Waals surface area contributed by atoms with E-state index in [1.54, 1.807) is 12.3 Å². The number of amides is 1. The highest BCUT2D eigenvalue weighted by Gasteiger charge is 2.24. The minimum Gasteiger partial charge on any atom is -0.362 e. The fraction of sp³-hybridized carbons (Fsp3) is 0.429. The molecule has 1 amide bonds. The highest BCUT2D eigenvalue weighted by atomic mass is 16.1. The fourth-order valence-corrected chi connectivity index (χ4v) is 3.69. The first-order valence-electron chi connectivity index (χ1n) is 9.24. The van der Waals surface area contributed by atoms with Crippen LogP contribution in [0.2, 0.25) is 0 Å². The third-order valence-corrected chi connectivity index (χ3v) is 5.07. The van der Waals surface area contributed by atoms with Crippen molar-refractivity contribution in [3.8, 4) is 0 Å². The van der Waals surface area contributed by atoms with Crippen LogP contribution in [0.4, 0.5) is 5.82 Å². The van der Waals surface area contributed by atoms with E-state index in [0.717, 1.165) is 19.6 Å². The number of pyridine rings is 1. The molecule has 1 aromatic carbocycles. The molecule has 1 aliphatic heterocycles. The van der Waals surface area contributed by atoms with E-state index in [2.05, 4.69) is 46.4 Å². The zero-order valence-electron chi connectivity index (χ0n) is 15.9.